The Morgan fingerprint density at radius 3 is 2.61 bits per heavy atom. The van der Waals surface area contributed by atoms with Gasteiger partial charge < -0.3 is 4.18 Å². The van der Waals surface area contributed by atoms with Gasteiger partial charge in [-0.3, -0.25) is 4.79 Å². The smallest absolute Gasteiger partial charge is 0.371 e. The van der Waals surface area contributed by atoms with Crippen molar-refractivity contribution in [1.82, 2.24) is 4.31 Å². The average Bonchev–Trinajstić information content (AvgIpc) is 2.96. The molecule has 0 N–H and O–H groups in total. The highest BCUT2D eigenvalue weighted by atomic mass is 32.2. The molecule has 5 nitrogen and oxygen atoms in total. The van der Waals surface area contributed by atoms with Gasteiger partial charge in [-0.2, -0.15) is 12.7 Å². The Morgan fingerprint density at radius 1 is 1.14 bits per heavy atom. The first-order valence-electron chi connectivity index (χ1n) is 10.7. The Morgan fingerprint density at radius 2 is 1.89 bits per heavy atom. The summed E-state index contributed by atoms with van der Waals surface area (Å²) in [5, 5.41) is 0. The zero-order chi connectivity index (χ0) is 20.1. The second kappa shape index (κ2) is 7.13. The summed E-state index contributed by atoms with van der Waals surface area (Å²) in [7, 11) is -3.76. The van der Waals surface area contributed by atoms with E-state index >= 15 is 0 Å². The van der Waals surface area contributed by atoms with E-state index in [0.29, 0.717) is 42.4 Å². The number of carbonyl (C=O) groups excluding carboxylic acids is 1. The number of fused-ring (bicyclic) bond motifs is 5. The van der Waals surface area contributed by atoms with Gasteiger partial charge in [-0.1, -0.05) is 26.8 Å². The Hall–Kier alpha value is -1.40. The van der Waals surface area contributed by atoms with Gasteiger partial charge in [0.1, 0.15) is 11.5 Å². The highest BCUT2D eigenvalue weighted by Crippen LogP contribution is 2.59. The van der Waals surface area contributed by atoms with Gasteiger partial charge in [0.15, 0.2) is 0 Å². The molecule has 6 heteroatoms. The molecule has 0 saturated heterocycles. The van der Waals surface area contributed by atoms with Crippen molar-refractivity contribution in [3.05, 3.63) is 29.3 Å². The van der Waals surface area contributed by atoms with E-state index in [-0.39, 0.29) is 5.41 Å². The largest absolute Gasteiger partial charge is 0.385 e. The maximum Gasteiger partial charge on any atom is 0.385 e. The standard InChI is InChI=1S/C22H31NO4S/c1-4-23(5-2)28(25,26)27-16-7-9-17-15(14-16)6-8-19-18(17)12-13-22(3)20(19)10-11-21(22)24/h7,9,14,18-20H,4-6,8,10-13H2,1-3H3/t18-,19-,20+,22+/m1/s1. The number of Topliss-reactive ketones (excluding diaryl/α,β-unsaturated/α-hetero) is 1. The van der Waals surface area contributed by atoms with Crippen LogP contribution in [0.4, 0.5) is 0 Å². The highest BCUT2D eigenvalue weighted by Gasteiger charge is 2.54. The lowest BCUT2D eigenvalue weighted by atomic mass is 9.55. The SMILES string of the molecule is CCN(CC)S(=O)(=O)Oc1ccc2c(c1)CC[C@@H]1[C@@H]2CC[C@]2(C)C(=O)CC[C@@H]12. The third-order valence-corrected chi connectivity index (χ3v) is 9.18. The third-order valence-electron chi connectivity index (χ3n) is 7.63. The van der Waals surface area contributed by atoms with Crippen LogP contribution >= 0.6 is 0 Å². The van der Waals surface area contributed by atoms with Crippen LogP contribution in [0.2, 0.25) is 0 Å². The van der Waals surface area contributed by atoms with Crippen molar-refractivity contribution in [1.29, 1.82) is 0 Å². The van der Waals surface area contributed by atoms with E-state index in [9.17, 15) is 13.2 Å². The first-order valence-corrected chi connectivity index (χ1v) is 12.0. The van der Waals surface area contributed by atoms with Crippen molar-refractivity contribution in [2.45, 2.75) is 65.2 Å². The van der Waals surface area contributed by atoms with Gasteiger partial charge >= 0.3 is 10.3 Å². The summed E-state index contributed by atoms with van der Waals surface area (Å²) in [5.41, 5.74) is 2.44. The van der Waals surface area contributed by atoms with Gasteiger partial charge in [-0.25, -0.2) is 0 Å². The number of carbonyl (C=O) groups is 1. The minimum Gasteiger partial charge on any atom is -0.371 e. The maximum absolute atomic E-state index is 12.5. The molecule has 3 aliphatic rings. The molecule has 0 spiro atoms. The number of benzene rings is 1. The molecule has 28 heavy (non-hydrogen) atoms. The minimum absolute atomic E-state index is 0.112. The number of hydrogen-bond acceptors (Lipinski definition) is 4. The first-order chi connectivity index (χ1) is 13.3. The van der Waals surface area contributed by atoms with Crippen LogP contribution in [0.5, 0.6) is 5.75 Å². The van der Waals surface area contributed by atoms with Gasteiger partial charge in [0, 0.05) is 24.9 Å². The van der Waals surface area contributed by atoms with Crippen molar-refractivity contribution in [3.63, 3.8) is 0 Å². The van der Waals surface area contributed by atoms with Gasteiger partial charge in [0.25, 0.3) is 0 Å². The van der Waals surface area contributed by atoms with Gasteiger partial charge in [-0.15, -0.1) is 0 Å². The predicted molar refractivity (Wildman–Crippen MR) is 109 cm³/mol. The molecule has 0 unspecified atom stereocenters. The summed E-state index contributed by atoms with van der Waals surface area (Å²) >= 11 is 0. The van der Waals surface area contributed by atoms with Gasteiger partial charge in [-0.05, 0) is 73.1 Å². The fourth-order valence-corrected chi connectivity index (χ4v) is 7.18. The number of rotatable bonds is 5. The average molecular weight is 406 g/mol. The zero-order valence-corrected chi connectivity index (χ0v) is 17.9. The second-order valence-electron chi connectivity index (χ2n) is 8.82. The molecule has 0 amide bonds. The van der Waals surface area contributed by atoms with E-state index in [1.165, 1.54) is 15.4 Å². The lowest BCUT2D eigenvalue weighted by Gasteiger charge is -2.48. The van der Waals surface area contributed by atoms with Crippen LogP contribution in [0.15, 0.2) is 18.2 Å². The van der Waals surface area contributed by atoms with E-state index in [0.717, 1.165) is 38.5 Å². The normalized spacial score (nSPS) is 32.0. The molecule has 4 atom stereocenters. The second-order valence-corrected chi connectivity index (χ2v) is 10.4. The van der Waals surface area contributed by atoms with E-state index in [4.69, 9.17) is 4.18 Å². The Bertz CT molecular complexity index is 877. The van der Waals surface area contributed by atoms with E-state index < -0.39 is 10.3 Å². The van der Waals surface area contributed by atoms with Crippen LogP contribution in [0, 0.1) is 17.3 Å². The fourth-order valence-electron chi connectivity index (χ4n) is 6.10. The number of aryl methyl sites for hydroxylation is 1. The van der Waals surface area contributed by atoms with Gasteiger partial charge in [0.05, 0.1) is 0 Å². The molecular formula is C22H31NO4S. The lowest BCUT2D eigenvalue weighted by Crippen LogP contribution is -2.42. The van der Waals surface area contributed by atoms with Crippen LogP contribution in [0.3, 0.4) is 0 Å². The third kappa shape index (κ3) is 3.09. The van der Waals surface area contributed by atoms with Crippen molar-refractivity contribution in [3.8, 4) is 5.75 Å². The van der Waals surface area contributed by atoms with Gasteiger partial charge in [0.2, 0.25) is 0 Å². The monoisotopic (exact) mass is 405 g/mol. The molecule has 2 fully saturated rings. The van der Waals surface area contributed by atoms with E-state index in [2.05, 4.69) is 13.0 Å². The molecule has 0 radical (unpaired) electrons. The molecule has 2 saturated carbocycles. The fraction of sp³-hybridized carbons (Fsp3) is 0.682. The molecule has 4 rings (SSSR count). The van der Waals surface area contributed by atoms with Crippen molar-refractivity contribution in [2.75, 3.05) is 13.1 Å². The summed E-state index contributed by atoms with van der Waals surface area (Å²) in [4.78, 5) is 12.5. The molecule has 0 aliphatic heterocycles. The molecule has 0 aromatic heterocycles. The summed E-state index contributed by atoms with van der Waals surface area (Å²) in [6, 6.07) is 5.79. The van der Waals surface area contributed by atoms with Crippen LogP contribution < -0.4 is 4.18 Å². The Balaban J connectivity index is 1.58. The number of hydrogen-bond donors (Lipinski definition) is 0. The molecule has 0 bridgehead atoms. The molecule has 0 heterocycles. The van der Waals surface area contributed by atoms with Crippen LogP contribution in [-0.4, -0.2) is 31.6 Å². The molecular weight excluding hydrogens is 374 g/mol. The molecule has 1 aromatic carbocycles. The van der Waals surface area contributed by atoms with Crippen molar-refractivity contribution in [2.24, 2.45) is 17.3 Å². The number of ketones is 1. The molecule has 1 aromatic rings. The van der Waals surface area contributed by atoms with Crippen molar-refractivity contribution >= 4 is 16.1 Å². The van der Waals surface area contributed by atoms with Crippen molar-refractivity contribution < 1.29 is 17.4 Å². The highest BCUT2D eigenvalue weighted by molar-refractivity contribution is 7.84. The minimum atomic E-state index is -3.76. The lowest BCUT2D eigenvalue weighted by molar-refractivity contribution is -0.129. The molecule has 3 aliphatic carbocycles. The summed E-state index contributed by atoms with van der Waals surface area (Å²) in [6.45, 7) is 6.59. The van der Waals surface area contributed by atoms with Crippen LogP contribution in [-0.2, 0) is 21.5 Å². The Kier molecular flexibility index (Phi) is 5.07. The summed E-state index contributed by atoms with van der Waals surface area (Å²) in [5.74, 6) is 2.43. The van der Waals surface area contributed by atoms with Crippen LogP contribution in [0.25, 0.3) is 0 Å². The topological polar surface area (TPSA) is 63.7 Å². The molecule has 154 valence electrons. The quantitative estimate of drug-likeness (QED) is 0.740. The maximum atomic E-state index is 12.5. The predicted octanol–water partition coefficient (Wildman–Crippen LogP) is 4.08. The zero-order valence-electron chi connectivity index (χ0n) is 17.1. The van der Waals surface area contributed by atoms with Crippen LogP contribution in [0.1, 0.15) is 69.9 Å². The summed E-state index contributed by atoms with van der Waals surface area (Å²) in [6.07, 6.45) is 5.82. The summed E-state index contributed by atoms with van der Waals surface area (Å²) < 4.78 is 31.6. The van der Waals surface area contributed by atoms with E-state index in [1.54, 1.807) is 6.07 Å². The Labute approximate surface area is 168 Å². The van der Waals surface area contributed by atoms with E-state index in [1.807, 2.05) is 19.9 Å². The first kappa shape index (κ1) is 19.9. The number of nitrogens with zero attached hydrogens (tertiary/aromatic N) is 1.